The van der Waals surface area contributed by atoms with E-state index in [1.807, 2.05) is 0 Å². The Balaban J connectivity index is 1.40. The number of carbonyl (C=O) groups is 2. The Morgan fingerprint density at radius 2 is 1.82 bits per heavy atom. The second-order valence-corrected chi connectivity index (χ2v) is 9.10. The summed E-state index contributed by atoms with van der Waals surface area (Å²) in [5.74, 6) is -0.281. The van der Waals surface area contributed by atoms with Gasteiger partial charge in [-0.2, -0.15) is 31.6 Å². The summed E-state index contributed by atoms with van der Waals surface area (Å²) in [6, 6.07) is 8.64. The molecule has 1 unspecified atom stereocenters. The first-order valence-electron chi connectivity index (χ1n) is 11.9. The van der Waals surface area contributed by atoms with Gasteiger partial charge in [-0.05, 0) is 55.3 Å². The van der Waals surface area contributed by atoms with E-state index < -0.39 is 66.1 Å². The van der Waals surface area contributed by atoms with E-state index >= 15 is 0 Å². The number of carboxylic acid groups (broad SMARTS) is 1. The fraction of sp³-hybridized carbons (Fsp3) is 0.400. The number of nitrogens with zero attached hydrogens (tertiary/aromatic N) is 3. The highest BCUT2D eigenvalue weighted by molar-refractivity contribution is 5.96. The SMILES string of the molecule is N#Cc1ccc(N2C[C@@H](COc3ccc(NC(=O)C4CCCN4C(=O)O)cc3)O[C@@H]2C(F)(F)F)cc1C(F)(F)F. The maximum absolute atomic E-state index is 13.7. The monoisotopic (exact) mass is 572 g/mol. The molecule has 2 fully saturated rings. The van der Waals surface area contributed by atoms with Crippen molar-refractivity contribution in [3.63, 3.8) is 0 Å². The minimum atomic E-state index is -4.95. The molecule has 0 bridgehead atoms. The van der Waals surface area contributed by atoms with Crippen LogP contribution in [0.5, 0.6) is 5.75 Å². The van der Waals surface area contributed by atoms with E-state index in [-0.39, 0.29) is 18.9 Å². The highest BCUT2D eigenvalue weighted by Crippen LogP contribution is 2.39. The van der Waals surface area contributed by atoms with E-state index in [4.69, 9.17) is 14.7 Å². The highest BCUT2D eigenvalue weighted by Gasteiger charge is 2.51. The number of nitrogens with one attached hydrogen (secondary N) is 1. The van der Waals surface area contributed by atoms with Crippen molar-refractivity contribution < 1.29 is 50.5 Å². The molecule has 2 heterocycles. The number of benzene rings is 2. The quantitative estimate of drug-likeness (QED) is 0.477. The second kappa shape index (κ2) is 11.1. The van der Waals surface area contributed by atoms with E-state index in [1.165, 1.54) is 30.3 Å². The molecule has 15 heteroatoms. The van der Waals surface area contributed by atoms with E-state index in [0.29, 0.717) is 29.5 Å². The van der Waals surface area contributed by atoms with Crippen LogP contribution in [-0.4, -0.2) is 66.3 Å². The lowest BCUT2D eigenvalue weighted by atomic mass is 10.1. The second-order valence-electron chi connectivity index (χ2n) is 9.10. The first kappa shape index (κ1) is 28.8. The standard InChI is InChI=1S/C25H22F6N4O5/c26-24(27,28)19-10-16(6-3-14(19)11-32)35-12-18(40-22(35)25(29,30)31)13-39-17-7-4-15(5-8-17)33-21(36)20-2-1-9-34(20)23(37)38/h3-8,10,18,20,22H,1-2,9,12-13H2,(H,33,36)(H,37,38)/t18-,20?,22+/m0/s1. The number of hydrogen-bond donors (Lipinski definition) is 2. The fourth-order valence-corrected chi connectivity index (χ4v) is 4.56. The van der Waals surface area contributed by atoms with Crippen molar-refractivity contribution in [3.8, 4) is 11.8 Å². The zero-order chi connectivity index (χ0) is 29.2. The molecule has 4 rings (SSSR count). The minimum Gasteiger partial charge on any atom is -0.491 e. The van der Waals surface area contributed by atoms with Crippen LogP contribution in [0.4, 0.5) is 42.5 Å². The van der Waals surface area contributed by atoms with Gasteiger partial charge in [-0.1, -0.05) is 0 Å². The van der Waals surface area contributed by atoms with Crippen LogP contribution < -0.4 is 15.0 Å². The Kier molecular flexibility index (Phi) is 8.01. The van der Waals surface area contributed by atoms with Crippen LogP contribution >= 0.6 is 0 Å². The molecule has 0 aromatic heterocycles. The number of alkyl halides is 6. The zero-order valence-electron chi connectivity index (χ0n) is 20.5. The first-order chi connectivity index (χ1) is 18.8. The number of halogens is 6. The van der Waals surface area contributed by atoms with E-state index in [1.54, 1.807) is 0 Å². The third-order valence-corrected chi connectivity index (χ3v) is 6.40. The van der Waals surface area contributed by atoms with Crippen molar-refractivity contribution in [1.29, 1.82) is 5.26 Å². The van der Waals surface area contributed by atoms with Crippen molar-refractivity contribution in [2.24, 2.45) is 0 Å². The summed E-state index contributed by atoms with van der Waals surface area (Å²) in [6.45, 7) is -0.555. The molecule has 2 aromatic carbocycles. The highest BCUT2D eigenvalue weighted by atomic mass is 19.4. The lowest BCUT2D eigenvalue weighted by Gasteiger charge is -2.27. The fourth-order valence-electron chi connectivity index (χ4n) is 4.56. The Bertz CT molecular complexity index is 1290. The van der Waals surface area contributed by atoms with Crippen LogP contribution in [-0.2, 0) is 15.7 Å². The molecule has 40 heavy (non-hydrogen) atoms. The molecule has 2 aliphatic rings. The van der Waals surface area contributed by atoms with Crippen LogP contribution in [0.15, 0.2) is 42.5 Å². The summed E-state index contributed by atoms with van der Waals surface area (Å²) in [7, 11) is 0. The van der Waals surface area contributed by atoms with Crippen molar-refractivity contribution in [1.82, 2.24) is 4.90 Å². The normalized spacial score (nSPS) is 21.3. The van der Waals surface area contributed by atoms with Gasteiger partial charge in [0.25, 0.3) is 0 Å². The molecule has 2 aliphatic heterocycles. The van der Waals surface area contributed by atoms with Crippen molar-refractivity contribution in [2.45, 2.75) is 43.6 Å². The van der Waals surface area contributed by atoms with Gasteiger partial charge in [-0.3, -0.25) is 9.69 Å². The molecule has 2 amide bonds. The maximum Gasteiger partial charge on any atom is 0.433 e. The maximum atomic E-state index is 13.7. The van der Waals surface area contributed by atoms with Crippen LogP contribution in [0.3, 0.4) is 0 Å². The van der Waals surface area contributed by atoms with Gasteiger partial charge in [0.1, 0.15) is 24.5 Å². The van der Waals surface area contributed by atoms with Gasteiger partial charge < -0.3 is 24.8 Å². The van der Waals surface area contributed by atoms with E-state index in [0.717, 1.165) is 17.0 Å². The summed E-state index contributed by atoms with van der Waals surface area (Å²) < 4.78 is 91.7. The first-order valence-corrected chi connectivity index (χ1v) is 11.9. The van der Waals surface area contributed by atoms with E-state index in [2.05, 4.69) is 5.32 Å². The van der Waals surface area contributed by atoms with Gasteiger partial charge in [-0.25, -0.2) is 4.79 Å². The number of rotatable bonds is 6. The number of amides is 2. The number of ether oxygens (including phenoxy) is 2. The average molecular weight is 572 g/mol. The summed E-state index contributed by atoms with van der Waals surface area (Å²) >= 11 is 0. The van der Waals surface area contributed by atoms with E-state index in [9.17, 15) is 41.0 Å². The van der Waals surface area contributed by atoms with Crippen LogP contribution in [0.1, 0.15) is 24.0 Å². The van der Waals surface area contributed by atoms with Crippen LogP contribution in [0.2, 0.25) is 0 Å². The van der Waals surface area contributed by atoms with Crippen LogP contribution in [0, 0.1) is 11.3 Å². The predicted molar refractivity (Wildman–Crippen MR) is 127 cm³/mol. The van der Waals surface area contributed by atoms with Crippen molar-refractivity contribution in [3.05, 3.63) is 53.6 Å². The molecule has 3 atom stereocenters. The molecule has 9 nitrogen and oxygen atoms in total. The Morgan fingerprint density at radius 1 is 1.12 bits per heavy atom. The minimum absolute atomic E-state index is 0.217. The molecule has 214 valence electrons. The third-order valence-electron chi connectivity index (χ3n) is 6.40. The van der Waals surface area contributed by atoms with Crippen molar-refractivity contribution in [2.75, 3.05) is 29.9 Å². The third kappa shape index (κ3) is 6.33. The van der Waals surface area contributed by atoms with Crippen LogP contribution in [0.25, 0.3) is 0 Å². The molecule has 2 aromatic rings. The smallest absolute Gasteiger partial charge is 0.433 e. The lowest BCUT2D eigenvalue weighted by molar-refractivity contribution is -0.215. The zero-order valence-corrected chi connectivity index (χ0v) is 20.5. The molecule has 0 saturated carbocycles. The van der Waals surface area contributed by atoms with Gasteiger partial charge in [0.2, 0.25) is 12.1 Å². The lowest BCUT2D eigenvalue weighted by Crippen LogP contribution is -2.42. The Morgan fingerprint density at radius 3 is 2.42 bits per heavy atom. The number of hydrogen-bond acceptors (Lipinski definition) is 6. The number of carbonyl (C=O) groups excluding carboxylic acids is 1. The number of nitriles is 1. The van der Waals surface area contributed by atoms with Gasteiger partial charge in [0.15, 0.2) is 0 Å². The largest absolute Gasteiger partial charge is 0.491 e. The Labute approximate surface area is 223 Å². The van der Waals surface area contributed by atoms with Gasteiger partial charge >= 0.3 is 18.4 Å². The molecule has 2 saturated heterocycles. The molecule has 2 N–H and O–H groups in total. The van der Waals surface area contributed by atoms with Crippen molar-refractivity contribution >= 4 is 23.4 Å². The van der Waals surface area contributed by atoms with Gasteiger partial charge in [0.05, 0.1) is 23.7 Å². The number of anilines is 2. The Hall–Kier alpha value is -4.19. The predicted octanol–water partition coefficient (Wildman–Crippen LogP) is 4.83. The molecular weight excluding hydrogens is 550 g/mol. The molecule has 0 spiro atoms. The summed E-state index contributed by atoms with van der Waals surface area (Å²) in [6.07, 6.45) is -13.8. The molecule has 0 radical (unpaired) electrons. The summed E-state index contributed by atoms with van der Waals surface area (Å²) in [5.41, 5.74) is -2.15. The summed E-state index contributed by atoms with van der Waals surface area (Å²) in [4.78, 5) is 25.4. The van der Waals surface area contributed by atoms with Gasteiger partial charge in [-0.15, -0.1) is 0 Å². The number of likely N-dealkylation sites (tertiary alicyclic amines) is 1. The average Bonchev–Trinajstić information content (AvgIpc) is 3.55. The summed E-state index contributed by atoms with van der Waals surface area (Å²) in [5, 5.41) is 20.7. The van der Waals surface area contributed by atoms with Gasteiger partial charge in [0, 0.05) is 17.9 Å². The topological polar surface area (TPSA) is 115 Å². The molecular formula is C25H22F6N4O5. The molecule has 0 aliphatic carbocycles.